The van der Waals surface area contributed by atoms with E-state index in [1.165, 1.54) is 55.5 Å². The maximum atomic E-state index is 4.78. The van der Waals surface area contributed by atoms with E-state index in [4.69, 9.17) is 9.97 Å². The van der Waals surface area contributed by atoms with E-state index < -0.39 is 0 Å². The first-order chi connectivity index (χ1) is 10.2. The summed E-state index contributed by atoms with van der Waals surface area (Å²) >= 11 is 0. The Hall–Kier alpha value is -1.16. The van der Waals surface area contributed by atoms with Crippen molar-refractivity contribution in [1.29, 1.82) is 0 Å². The highest BCUT2D eigenvalue weighted by molar-refractivity contribution is 5.37. The van der Waals surface area contributed by atoms with E-state index in [1.807, 2.05) is 0 Å². The summed E-state index contributed by atoms with van der Waals surface area (Å²) < 4.78 is 0. The highest BCUT2D eigenvalue weighted by Crippen LogP contribution is 2.21. The van der Waals surface area contributed by atoms with Gasteiger partial charge in [-0.3, -0.25) is 0 Å². The molecule has 0 atom stereocenters. The van der Waals surface area contributed by atoms with E-state index in [0.29, 0.717) is 0 Å². The molecule has 0 bridgehead atoms. The minimum absolute atomic E-state index is 0.810. The van der Waals surface area contributed by atoms with Crippen LogP contribution in [0.15, 0.2) is 0 Å². The Morgan fingerprint density at radius 3 is 2.33 bits per heavy atom. The molecule has 2 fully saturated rings. The second-order valence-corrected chi connectivity index (χ2v) is 6.55. The van der Waals surface area contributed by atoms with Crippen molar-refractivity contribution in [1.82, 2.24) is 15.3 Å². The van der Waals surface area contributed by atoms with Crippen LogP contribution in [0.4, 0.5) is 5.95 Å². The number of rotatable bonds is 6. The lowest BCUT2D eigenvalue weighted by Crippen LogP contribution is -2.31. The molecule has 2 aliphatic rings. The van der Waals surface area contributed by atoms with Gasteiger partial charge in [0.05, 0.1) is 0 Å². The highest BCUT2D eigenvalue weighted by atomic mass is 15.3. The third-order valence-corrected chi connectivity index (χ3v) is 4.66. The first-order valence-corrected chi connectivity index (χ1v) is 8.56. The molecule has 1 aromatic rings. The molecule has 4 heteroatoms. The fraction of sp³-hybridized carbons (Fsp3) is 0.765. The van der Waals surface area contributed by atoms with Gasteiger partial charge in [0.1, 0.15) is 0 Å². The zero-order chi connectivity index (χ0) is 14.7. The molecule has 0 spiro atoms. The molecule has 1 aromatic heterocycles. The fourth-order valence-corrected chi connectivity index (χ4v) is 3.18. The summed E-state index contributed by atoms with van der Waals surface area (Å²) in [7, 11) is 0. The van der Waals surface area contributed by atoms with Gasteiger partial charge >= 0.3 is 0 Å². The Balaban J connectivity index is 1.60. The van der Waals surface area contributed by atoms with Crippen LogP contribution in [0.5, 0.6) is 0 Å². The zero-order valence-electron chi connectivity index (χ0n) is 13.5. The summed E-state index contributed by atoms with van der Waals surface area (Å²) in [6.45, 7) is 7.64. The van der Waals surface area contributed by atoms with Gasteiger partial charge in [-0.05, 0) is 70.9 Å². The molecule has 0 aromatic carbocycles. The molecule has 1 saturated carbocycles. The number of anilines is 1. The van der Waals surface area contributed by atoms with Crippen molar-refractivity contribution in [3.05, 3.63) is 17.0 Å². The van der Waals surface area contributed by atoms with Gasteiger partial charge in [-0.15, -0.1) is 0 Å². The van der Waals surface area contributed by atoms with Crippen molar-refractivity contribution in [2.24, 2.45) is 0 Å². The van der Waals surface area contributed by atoms with Crippen LogP contribution in [0.3, 0.4) is 0 Å². The van der Waals surface area contributed by atoms with Crippen molar-refractivity contribution < 1.29 is 0 Å². The summed E-state index contributed by atoms with van der Waals surface area (Å²) in [6.07, 6.45) is 8.91. The monoisotopic (exact) mass is 288 g/mol. The van der Waals surface area contributed by atoms with Crippen molar-refractivity contribution in [3.8, 4) is 0 Å². The number of aryl methyl sites for hydroxylation is 2. The van der Waals surface area contributed by atoms with Gasteiger partial charge in [0, 0.05) is 30.5 Å². The lowest BCUT2D eigenvalue weighted by molar-refractivity contribution is 0.566. The van der Waals surface area contributed by atoms with Gasteiger partial charge in [-0.25, -0.2) is 9.97 Å². The minimum atomic E-state index is 0.810. The van der Waals surface area contributed by atoms with Crippen molar-refractivity contribution in [2.45, 2.75) is 64.8 Å². The average molecular weight is 288 g/mol. The van der Waals surface area contributed by atoms with Crippen molar-refractivity contribution in [2.75, 3.05) is 24.5 Å². The fourth-order valence-electron chi connectivity index (χ4n) is 3.18. The SMILES string of the molecule is Cc1nc(N2CCCCC2)nc(C)c1CCCNC1CC1. The topological polar surface area (TPSA) is 41.1 Å². The normalized spacial score (nSPS) is 19.0. The van der Waals surface area contributed by atoms with Crippen molar-refractivity contribution in [3.63, 3.8) is 0 Å². The molecule has 0 amide bonds. The predicted octanol–water partition coefficient (Wildman–Crippen LogP) is 2.77. The predicted molar refractivity (Wildman–Crippen MR) is 86.9 cm³/mol. The van der Waals surface area contributed by atoms with Crippen LogP contribution < -0.4 is 10.2 Å². The zero-order valence-corrected chi connectivity index (χ0v) is 13.5. The summed E-state index contributed by atoms with van der Waals surface area (Å²) in [5.74, 6) is 0.949. The molecule has 21 heavy (non-hydrogen) atoms. The van der Waals surface area contributed by atoms with E-state index in [9.17, 15) is 0 Å². The first kappa shape index (κ1) is 14.8. The number of hydrogen-bond acceptors (Lipinski definition) is 4. The number of nitrogens with zero attached hydrogens (tertiary/aromatic N) is 3. The average Bonchev–Trinajstić information content (AvgIpc) is 3.30. The van der Waals surface area contributed by atoms with Gasteiger partial charge in [0.25, 0.3) is 0 Å². The molecule has 0 radical (unpaired) electrons. The summed E-state index contributed by atoms with van der Waals surface area (Å²) in [5.41, 5.74) is 3.71. The van der Waals surface area contributed by atoms with Crippen LogP contribution in [-0.4, -0.2) is 35.6 Å². The molecule has 1 aliphatic heterocycles. The van der Waals surface area contributed by atoms with Crippen LogP contribution in [0.1, 0.15) is 55.5 Å². The Bertz CT molecular complexity index is 453. The largest absolute Gasteiger partial charge is 0.341 e. The van der Waals surface area contributed by atoms with E-state index in [1.54, 1.807) is 0 Å². The molecule has 0 unspecified atom stereocenters. The first-order valence-electron chi connectivity index (χ1n) is 8.56. The molecular weight excluding hydrogens is 260 g/mol. The number of aromatic nitrogens is 2. The van der Waals surface area contributed by atoms with E-state index in [0.717, 1.165) is 38.0 Å². The Morgan fingerprint density at radius 2 is 1.71 bits per heavy atom. The summed E-state index contributed by atoms with van der Waals surface area (Å²) in [5, 5.41) is 3.58. The van der Waals surface area contributed by atoms with Crippen LogP contribution >= 0.6 is 0 Å². The van der Waals surface area contributed by atoms with Gasteiger partial charge in [-0.1, -0.05) is 0 Å². The molecule has 2 heterocycles. The number of hydrogen-bond donors (Lipinski definition) is 1. The van der Waals surface area contributed by atoms with E-state index in [-0.39, 0.29) is 0 Å². The van der Waals surface area contributed by atoms with Gasteiger partial charge in [-0.2, -0.15) is 0 Å². The molecule has 1 N–H and O–H groups in total. The highest BCUT2D eigenvalue weighted by Gasteiger charge is 2.20. The lowest BCUT2D eigenvalue weighted by atomic mass is 10.1. The number of nitrogens with one attached hydrogen (secondary N) is 1. The standard InChI is InChI=1S/C17H28N4/c1-13-16(7-6-10-18-15-8-9-15)14(2)20-17(19-13)21-11-4-3-5-12-21/h15,18H,3-12H2,1-2H3. The second kappa shape index (κ2) is 6.73. The molecule has 3 rings (SSSR count). The Labute approximate surface area is 128 Å². The molecule has 4 nitrogen and oxygen atoms in total. The lowest BCUT2D eigenvalue weighted by Gasteiger charge is -2.27. The van der Waals surface area contributed by atoms with Crippen LogP contribution in [0.25, 0.3) is 0 Å². The smallest absolute Gasteiger partial charge is 0.225 e. The van der Waals surface area contributed by atoms with Crippen molar-refractivity contribution >= 4 is 5.95 Å². The number of piperidine rings is 1. The van der Waals surface area contributed by atoms with Gasteiger partial charge in [0.15, 0.2) is 0 Å². The van der Waals surface area contributed by atoms with E-state index in [2.05, 4.69) is 24.1 Å². The third kappa shape index (κ3) is 3.94. The Morgan fingerprint density at radius 1 is 1.05 bits per heavy atom. The second-order valence-electron chi connectivity index (χ2n) is 6.55. The quantitative estimate of drug-likeness (QED) is 0.817. The Kier molecular flexibility index (Phi) is 4.73. The maximum absolute atomic E-state index is 4.78. The van der Waals surface area contributed by atoms with Crippen LogP contribution in [-0.2, 0) is 6.42 Å². The maximum Gasteiger partial charge on any atom is 0.225 e. The van der Waals surface area contributed by atoms with Crippen LogP contribution in [0.2, 0.25) is 0 Å². The minimum Gasteiger partial charge on any atom is -0.341 e. The molecular formula is C17H28N4. The van der Waals surface area contributed by atoms with E-state index >= 15 is 0 Å². The summed E-state index contributed by atoms with van der Waals surface area (Å²) in [6, 6.07) is 0.810. The molecule has 1 saturated heterocycles. The molecule has 116 valence electrons. The summed E-state index contributed by atoms with van der Waals surface area (Å²) in [4.78, 5) is 11.9. The van der Waals surface area contributed by atoms with Crippen LogP contribution in [0, 0.1) is 13.8 Å². The van der Waals surface area contributed by atoms with Gasteiger partial charge < -0.3 is 10.2 Å². The third-order valence-electron chi connectivity index (χ3n) is 4.66. The van der Waals surface area contributed by atoms with Gasteiger partial charge in [0.2, 0.25) is 5.95 Å². The molecule has 1 aliphatic carbocycles.